The zero-order valence-electron chi connectivity index (χ0n) is 14.6. The predicted molar refractivity (Wildman–Crippen MR) is 123 cm³/mol. The van der Waals surface area contributed by atoms with Crippen LogP contribution in [-0.2, 0) is 0 Å². The molecule has 0 fully saturated rings. The smallest absolute Gasteiger partial charge is 0.0963 e. The van der Waals surface area contributed by atoms with Crippen molar-refractivity contribution in [1.29, 1.82) is 0 Å². The largest absolute Gasteiger partial charge is 0.241 e. The summed E-state index contributed by atoms with van der Waals surface area (Å²) in [6, 6.07) is 19.1. The second-order valence-corrected chi connectivity index (χ2v) is 8.69. The van der Waals surface area contributed by atoms with Crippen LogP contribution < -0.4 is 0 Å². The number of para-hydroxylation sites is 1. The number of nitrogens with zero attached hydrogens (tertiary/aromatic N) is 1. The molecule has 4 rings (SSSR count). The zero-order chi connectivity index (χ0) is 17.1. The lowest BCUT2D eigenvalue weighted by molar-refractivity contribution is 0.857. The number of thiazole rings is 1. The van der Waals surface area contributed by atoms with Crippen molar-refractivity contribution in [1.82, 2.24) is 4.98 Å². The molecule has 2 aromatic carbocycles. The molecule has 0 aliphatic heterocycles. The van der Waals surface area contributed by atoms with Crippen LogP contribution in [0.2, 0.25) is 0 Å². The van der Waals surface area contributed by atoms with Gasteiger partial charge in [0.05, 0.1) is 15.2 Å². The first-order valence-corrected chi connectivity index (χ1v) is 10.0. The number of hydrogen-bond donors (Lipinski definition) is 0. The highest BCUT2D eigenvalue weighted by Crippen LogP contribution is 2.30. The summed E-state index contributed by atoms with van der Waals surface area (Å²) >= 11 is 3.70. The van der Waals surface area contributed by atoms with Gasteiger partial charge in [-0.1, -0.05) is 72.9 Å². The van der Waals surface area contributed by atoms with Gasteiger partial charge in [-0.3, -0.25) is 0 Å². The minimum absolute atomic E-state index is 0. The lowest BCUT2D eigenvalue weighted by atomic mass is 10.1. The Bertz CT molecular complexity index is 787. The molecule has 0 N–H and O–H groups in total. The summed E-state index contributed by atoms with van der Waals surface area (Å²) in [5, 5.41) is 2.61. The Hall–Kier alpha value is -1.71. The van der Waals surface area contributed by atoms with E-state index in [1.54, 1.807) is 11.3 Å². The average Bonchev–Trinajstić information content (AvgIpc) is 3.19. The van der Waals surface area contributed by atoms with E-state index in [4.69, 9.17) is 0 Å². The molecule has 0 radical (unpaired) electrons. The quantitative estimate of drug-likeness (QED) is 0.336. The van der Waals surface area contributed by atoms with E-state index in [-0.39, 0.29) is 14.9 Å². The van der Waals surface area contributed by atoms with Gasteiger partial charge in [0.1, 0.15) is 0 Å². The van der Waals surface area contributed by atoms with Crippen molar-refractivity contribution in [2.24, 2.45) is 0 Å². The molecule has 4 aromatic rings. The van der Waals surface area contributed by atoms with E-state index in [0.29, 0.717) is 11.8 Å². The Labute approximate surface area is 166 Å². The number of hydrogen-bond acceptors (Lipinski definition) is 3. The molecular weight excluding hydrogens is 354 g/mol. The fraction of sp³-hybridized carbons (Fsp3) is 0.348. The predicted octanol–water partition coefficient (Wildman–Crippen LogP) is 8.72. The molecule has 26 heavy (non-hydrogen) atoms. The highest BCUT2D eigenvalue weighted by Gasteiger charge is 2.05. The SMILES string of the molecule is C.C.CC(C)c1cc2ccccc2s1.CC(C)c1nc2ccccc2s1. The monoisotopic (exact) mass is 385 g/mol. The van der Waals surface area contributed by atoms with Crippen LogP contribution in [0.3, 0.4) is 0 Å². The highest BCUT2D eigenvalue weighted by molar-refractivity contribution is 7.19. The van der Waals surface area contributed by atoms with Gasteiger partial charge in [0.25, 0.3) is 0 Å². The standard InChI is InChI=1S/C11H12S.C10H11NS.2CH4/c1-8(2)11-7-9-5-3-4-6-10(9)12-11;1-7(2)10-11-8-5-3-4-6-9(8)12-10;;/h3-8H,1-2H3;3-7H,1-2H3;2*1H4. The van der Waals surface area contributed by atoms with Crippen molar-refractivity contribution < 1.29 is 0 Å². The van der Waals surface area contributed by atoms with Gasteiger partial charge in [-0.05, 0) is 35.6 Å². The second-order valence-electron chi connectivity index (χ2n) is 6.52. The van der Waals surface area contributed by atoms with Gasteiger partial charge < -0.3 is 0 Å². The van der Waals surface area contributed by atoms with Crippen molar-refractivity contribution in [3.8, 4) is 0 Å². The number of thiophene rings is 1. The zero-order valence-corrected chi connectivity index (χ0v) is 16.2. The van der Waals surface area contributed by atoms with Crippen LogP contribution in [0.4, 0.5) is 0 Å². The molecule has 1 nitrogen and oxygen atoms in total. The van der Waals surface area contributed by atoms with Gasteiger partial charge in [0.2, 0.25) is 0 Å². The molecular formula is C23H31NS2. The first-order valence-electron chi connectivity index (χ1n) is 8.38. The van der Waals surface area contributed by atoms with E-state index >= 15 is 0 Å². The number of rotatable bonds is 2. The summed E-state index contributed by atoms with van der Waals surface area (Å²) in [5.41, 5.74) is 1.13. The van der Waals surface area contributed by atoms with E-state index in [1.165, 1.54) is 24.7 Å². The van der Waals surface area contributed by atoms with Crippen LogP contribution in [0, 0.1) is 0 Å². The van der Waals surface area contributed by atoms with Crippen molar-refractivity contribution in [3.63, 3.8) is 0 Å². The lowest BCUT2D eigenvalue weighted by Crippen LogP contribution is -1.82. The number of fused-ring (bicyclic) bond motifs is 2. The molecule has 0 aliphatic rings. The molecule has 3 heteroatoms. The first-order chi connectivity index (χ1) is 11.5. The van der Waals surface area contributed by atoms with Crippen LogP contribution in [-0.4, -0.2) is 4.98 Å². The van der Waals surface area contributed by atoms with Crippen molar-refractivity contribution in [3.05, 3.63) is 64.5 Å². The molecule has 0 amide bonds. The first kappa shape index (κ1) is 22.3. The Morgan fingerprint density at radius 1 is 0.731 bits per heavy atom. The van der Waals surface area contributed by atoms with E-state index in [2.05, 4.69) is 81.2 Å². The van der Waals surface area contributed by atoms with Crippen molar-refractivity contribution in [2.75, 3.05) is 0 Å². The van der Waals surface area contributed by atoms with Crippen molar-refractivity contribution >= 4 is 43.0 Å². The Balaban J connectivity index is 0.000000241. The minimum atomic E-state index is 0. The van der Waals surface area contributed by atoms with Gasteiger partial charge in [-0.2, -0.15) is 0 Å². The highest BCUT2D eigenvalue weighted by atomic mass is 32.1. The topological polar surface area (TPSA) is 12.9 Å². The van der Waals surface area contributed by atoms with Crippen LogP contribution >= 0.6 is 22.7 Å². The summed E-state index contributed by atoms with van der Waals surface area (Å²) < 4.78 is 2.70. The lowest BCUT2D eigenvalue weighted by Gasteiger charge is -1.96. The van der Waals surface area contributed by atoms with Crippen molar-refractivity contribution in [2.45, 2.75) is 54.4 Å². The third-order valence-corrected chi connectivity index (χ3v) is 6.57. The summed E-state index contributed by atoms with van der Waals surface area (Å²) in [6.45, 7) is 8.84. The molecule has 0 aliphatic carbocycles. The van der Waals surface area contributed by atoms with E-state index in [9.17, 15) is 0 Å². The molecule has 0 saturated carbocycles. The van der Waals surface area contributed by atoms with Gasteiger partial charge >= 0.3 is 0 Å². The fourth-order valence-electron chi connectivity index (χ4n) is 2.42. The fourth-order valence-corrected chi connectivity index (χ4v) is 4.46. The molecule has 0 saturated heterocycles. The summed E-state index contributed by atoms with van der Waals surface area (Å²) in [7, 11) is 0. The molecule has 0 spiro atoms. The maximum absolute atomic E-state index is 4.53. The molecule has 0 atom stereocenters. The van der Waals surface area contributed by atoms with Gasteiger partial charge in [0.15, 0.2) is 0 Å². The van der Waals surface area contributed by atoms with E-state index in [0.717, 1.165) is 5.52 Å². The van der Waals surface area contributed by atoms with Gasteiger partial charge in [-0.15, -0.1) is 22.7 Å². The Morgan fingerprint density at radius 3 is 1.92 bits per heavy atom. The summed E-state index contributed by atoms with van der Waals surface area (Å²) in [4.78, 5) is 6.01. The molecule has 0 unspecified atom stereocenters. The molecule has 2 aromatic heterocycles. The maximum Gasteiger partial charge on any atom is 0.0963 e. The minimum Gasteiger partial charge on any atom is -0.241 e. The molecule has 0 bridgehead atoms. The maximum atomic E-state index is 4.53. The van der Waals surface area contributed by atoms with Gasteiger partial charge in [0, 0.05) is 15.5 Å². The van der Waals surface area contributed by atoms with E-state index < -0.39 is 0 Å². The third-order valence-electron chi connectivity index (χ3n) is 3.82. The second kappa shape index (κ2) is 9.84. The van der Waals surface area contributed by atoms with Crippen LogP contribution in [0.1, 0.15) is 64.3 Å². The van der Waals surface area contributed by atoms with Crippen LogP contribution in [0.25, 0.3) is 20.3 Å². The Morgan fingerprint density at radius 2 is 1.35 bits per heavy atom. The average molecular weight is 386 g/mol. The summed E-state index contributed by atoms with van der Waals surface area (Å²) in [5.74, 6) is 1.20. The van der Waals surface area contributed by atoms with Crippen LogP contribution in [0.15, 0.2) is 54.6 Å². The Kier molecular flexibility index (Phi) is 8.45. The summed E-state index contributed by atoms with van der Waals surface area (Å²) in [6.07, 6.45) is 0. The number of aromatic nitrogens is 1. The van der Waals surface area contributed by atoms with Crippen LogP contribution in [0.5, 0.6) is 0 Å². The third kappa shape index (κ3) is 5.15. The molecule has 2 heterocycles. The van der Waals surface area contributed by atoms with E-state index in [1.807, 2.05) is 17.4 Å². The van der Waals surface area contributed by atoms with Gasteiger partial charge in [-0.25, -0.2) is 4.98 Å². The molecule has 140 valence electrons. The normalized spacial score (nSPS) is 10.4. The number of benzene rings is 2.